The van der Waals surface area contributed by atoms with Crippen LogP contribution in [0, 0.1) is 17.2 Å². The van der Waals surface area contributed by atoms with Gasteiger partial charge in [-0.15, -0.1) is 0 Å². The Morgan fingerprint density at radius 3 is 2.56 bits per heavy atom. The Labute approximate surface area is 163 Å². The Hall–Kier alpha value is -1.84. The lowest BCUT2D eigenvalue weighted by molar-refractivity contribution is -0.139. The first kappa shape index (κ1) is 18.5. The van der Waals surface area contributed by atoms with Crippen molar-refractivity contribution < 1.29 is 4.79 Å². The monoisotopic (exact) mass is 367 g/mol. The summed E-state index contributed by atoms with van der Waals surface area (Å²) in [5.74, 6) is 1.23. The van der Waals surface area contributed by atoms with Crippen LogP contribution in [0.5, 0.6) is 0 Å². The minimum atomic E-state index is 0.153. The van der Waals surface area contributed by atoms with Crippen molar-refractivity contribution in [2.75, 3.05) is 0 Å². The van der Waals surface area contributed by atoms with Gasteiger partial charge in [-0.2, -0.15) is 0 Å². The van der Waals surface area contributed by atoms with Gasteiger partial charge in [0.2, 0.25) is 5.91 Å². The molecule has 0 radical (unpaired) electrons. The fourth-order valence-corrected chi connectivity index (χ4v) is 5.16. The van der Waals surface area contributed by atoms with E-state index in [0.29, 0.717) is 23.6 Å². The molecule has 0 bridgehead atoms. The van der Waals surface area contributed by atoms with Crippen LogP contribution in [0.15, 0.2) is 35.6 Å². The summed E-state index contributed by atoms with van der Waals surface area (Å²) in [5.41, 5.74) is 8.92. The first-order valence-corrected chi connectivity index (χ1v) is 10.8. The minimum absolute atomic E-state index is 0.153. The van der Waals surface area contributed by atoms with Crippen LogP contribution >= 0.6 is 0 Å². The zero-order valence-corrected chi connectivity index (χ0v) is 16.3. The number of carbonyl (C=O) groups excluding carboxylic acids is 1. The van der Waals surface area contributed by atoms with E-state index in [0.717, 1.165) is 56.9 Å². The van der Waals surface area contributed by atoms with Crippen molar-refractivity contribution in [2.45, 2.75) is 82.7 Å². The van der Waals surface area contributed by atoms with E-state index in [4.69, 9.17) is 11.1 Å². The van der Waals surface area contributed by atoms with E-state index in [2.05, 4.69) is 23.1 Å². The molecule has 0 aromatic carbocycles. The van der Waals surface area contributed by atoms with E-state index in [-0.39, 0.29) is 12.0 Å². The normalized spacial score (nSPS) is 33.0. The Morgan fingerprint density at radius 1 is 1.07 bits per heavy atom. The first-order valence-electron chi connectivity index (χ1n) is 10.8. The number of allylic oxidation sites excluding steroid dienone is 4. The fraction of sp³-hybridized carbons (Fsp3) is 0.652. The summed E-state index contributed by atoms with van der Waals surface area (Å²) in [7, 11) is 0. The maximum Gasteiger partial charge on any atom is 0.226 e. The molecule has 0 saturated heterocycles. The lowest BCUT2D eigenvalue weighted by Crippen LogP contribution is -2.47. The van der Waals surface area contributed by atoms with E-state index in [1.165, 1.54) is 19.3 Å². The largest absolute Gasteiger partial charge is 0.404 e. The molecule has 146 valence electrons. The summed E-state index contributed by atoms with van der Waals surface area (Å²) in [6.07, 6.45) is 20.0. The third kappa shape index (κ3) is 4.04. The number of carbonyl (C=O) groups is 1. The topological polar surface area (TPSA) is 70.2 Å². The highest BCUT2D eigenvalue weighted by Gasteiger charge is 2.41. The first-order chi connectivity index (χ1) is 13.2. The van der Waals surface area contributed by atoms with Gasteiger partial charge in [-0.1, -0.05) is 23.8 Å². The molecule has 4 rings (SSSR count). The molecule has 2 fully saturated rings. The summed E-state index contributed by atoms with van der Waals surface area (Å²) in [4.78, 5) is 15.6. The summed E-state index contributed by atoms with van der Waals surface area (Å²) in [6, 6.07) is 0.672. The van der Waals surface area contributed by atoms with Crippen LogP contribution in [-0.4, -0.2) is 28.6 Å². The fourth-order valence-electron chi connectivity index (χ4n) is 5.16. The standard InChI is InChI=1S/C23H33N3O/c24-15-19-14-21(12-13-22(19)25)26(20-10-11-20)23(27)18-8-6-17(7-9-18)16-4-2-1-3-5-16/h1-2,6,15-16,18,20-21,25H,3-5,7-14,24H2. The third-order valence-corrected chi connectivity index (χ3v) is 6.95. The molecule has 0 aromatic heterocycles. The Balaban J connectivity index is 1.42. The van der Waals surface area contributed by atoms with Crippen molar-refractivity contribution in [1.82, 2.24) is 4.90 Å². The Bertz CT molecular complexity index is 686. The van der Waals surface area contributed by atoms with Gasteiger partial charge in [0, 0.05) is 23.7 Å². The summed E-state index contributed by atoms with van der Waals surface area (Å²) >= 11 is 0. The van der Waals surface area contributed by atoms with Gasteiger partial charge in [0.1, 0.15) is 0 Å². The molecule has 0 heterocycles. The molecule has 4 nitrogen and oxygen atoms in total. The highest BCUT2D eigenvalue weighted by molar-refractivity contribution is 5.98. The number of nitrogens with one attached hydrogen (secondary N) is 1. The molecule has 4 aliphatic carbocycles. The SMILES string of the molecule is N=C1CCC(N(C(=O)C2CC=C(C3CC=CCC3)CC2)C2CC2)CC1=CN. The van der Waals surface area contributed by atoms with Crippen molar-refractivity contribution in [1.29, 1.82) is 5.41 Å². The molecule has 4 aliphatic rings. The molecule has 2 saturated carbocycles. The van der Waals surface area contributed by atoms with Crippen LogP contribution in [0.3, 0.4) is 0 Å². The van der Waals surface area contributed by atoms with Gasteiger partial charge in [-0.25, -0.2) is 0 Å². The molecule has 0 spiro atoms. The molecule has 0 aliphatic heterocycles. The van der Waals surface area contributed by atoms with Gasteiger partial charge in [-0.05, 0) is 88.3 Å². The average molecular weight is 368 g/mol. The zero-order chi connectivity index (χ0) is 18.8. The Morgan fingerprint density at radius 2 is 1.93 bits per heavy atom. The van der Waals surface area contributed by atoms with Gasteiger partial charge in [0.05, 0.1) is 0 Å². The quantitative estimate of drug-likeness (QED) is 0.720. The maximum atomic E-state index is 13.4. The number of amides is 1. The molecule has 3 atom stereocenters. The number of hydrogen-bond acceptors (Lipinski definition) is 3. The van der Waals surface area contributed by atoms with Crippen molar-refractivity contribution in [3.05, 3.63) is 35.6 Å². The van der Waals surface area contributed by atoms with E-state index in [9.17, 15) is 4.79 Å². The molecular formula is C23H33N3O. The maximum absolute atomic E-state index is 13.4. The van der Waals surface area contributed by atoms with Crippen LogP contribution in [0.4, 0.5) is 0 Å². The molecular weight excluding hydrogens is 334 g/mol. The van der Waals surface area contributed by atoms with Gasteiger partial charge in [0.25, 0.3) is 0 Å². The summed E-state index contributed by atoms with van der Waals surface area (Å²) < 4.78 is 0. The highest BCUT2D eigenvalue weighted by atomic mass is 16.2. The second-order valence-electron chi connectivity index (χ2n) is 8.78. The number of hydrogen-bond donors (Lipinski definition) is 2. The van der Waals surface area contributed by atoms with Crippen molar-refractivity contribution in [3.8, 4) is 0 Å². The van der Waals surface area contributed by atoms with Crippen molar-refractivity contribution >= 4 is 11.6 Å². The van der Waals surface area contributed by atoms with E-state index in [1.54, 1.807) is 11.8 Å². The zero-order valence-electron chi connectivity index (χ0n) is 16.3. The number of nitrogens with zero attached hydrogens (tertiary/aromatic N) is 1. The Kier molecular flexibility index (Phi) is 5.51. The van der Waals surface area contributed by atoms with Crippen LogP contribution in [0.1, 0.15) is 70.6 Å². The van der Waals surface area contributed by atoms with E-state index < -0.39 is 0 Å². The second-order valence-corrected chi connectivity index (χ2v) is 8.78. The smallest absolute Gasteiger partial charge is 0.226 e. The van der Waals surface area contributed by atoms with Gasteiger partial charge in [0.15, 0.2) is 0 Å². The van der Waals surface area contributed by atoms with Crippen LogP contribution in [0.2, 0.25) is 0 Å². The predicted molar refractivity (Wildman–Crippen MR) is 109 cm³/mol. The lowest BCUT2D eigenvalue weighted by Gasteiger charge is -2.38. The van der Waals surface area contributed by atoms with Crippen LogP contribution < -0.4 is 5.73 Å². The molecule has 27 heavy (non-hydrogen) atoms. The molecule has 0 aromatic rings. The van der Waals surface area contributed by atoms with Gasteiger partial charge < -0.3 is 16.0 Å². The predicted octanol–water partition coefficient (Wildman–Crippen LogP) is 4.48. The third-order valence-electron chi connectivity index (χ3n) is 6.95. The molecule has 1 amide bonds. The minimum Gasteiger partial charge on any atom is -0.404 e. The molecule has 3 unspecified atom stereocenters. The van der Waals surface area contributed by atoms with Crippen LogP contribution in [0.25, 0.3) is 0 Å². The lowest BCUT2D eigenvalue weighted by atomic mass is 9.78. The molecule has 3 N–H and O–H groups in total. The van der Waals surface area contributed by atoms with Crippen molar-refractivity contribution in [3.63, 3.8) is 0 Å². The molecule has 4 heteroatoms. The van der Waals surface area contributed by atoms with Crippen molar-refractivity contribution in [2.24, 2.45) is 17.6 Å². The van der Waals surface area contributed by atoms with E-state index >= 15 is 0 Å². The van der Waals surface area contributed by atoms with Gasteiger partial charge >= 0.3 is 0 Å². The number of nitrogens with two attached hydrogens (primary N) is 1. The summed E-state index contributed by atoms with van der Waals surface area (Å²) in [5, 5.41) is 8.06. The highest BCUT2D eigenvalue weighted by Crippen LogP contribution is 2.39. The average Bonchev–Trinajstić information content (AvgIpc) is 3.55. The van der Waals surface area contributed by atoms with Crippen LogP contribution in [-0.2, 0) is 4.79 Å². The number of rotatable bonds is 4. The van der Waals surface area contributed by atoms with Gasteiger partial charge in [-0.3, -0.25) is 4.79 Å². The van der Waals surface area contributed by atoms with E-state index in [1.807, 2.05) is 0 Å². The second kappa shape index (κ2) is 8.04. The summed E-state index contributed by atoms with van der Waals surface area (Å²) in [6.45, 7) is 0.